The van der Waals surface area contributed by atoms with Gasteiger partial charge in [0.1, 0.15) is 5.82 Å². The number of anilines is 1. The number of fused-ring (bicyclic) bond motifs is 1. The van der Waals surface area contributed by atoms with E-state index in [9.17, 15) is 21.2 Å². The number of nitrogens with one attached hydrogen (secondary N) is 1. The Labute approximate surface area is 181 Å². The van der Waals surface area contributed by atoms with E-state index in [4.69, 9.17) is 0 Å². The number of halogens is 1. The highest BCUT2D eigenvalue weighted by Gasteiger charge is 2.28. The highest BCUT2D eigenvalue weighted by molar-refractivity contribution is 7.92. The van der Waals surface area contributed by atoms with Crippen LogP contribution in [0.3, 0.4) is 0 Å². The summed E-state index contributed by atoms with van der Waals surface area (Å²) >= 11 is 0. The maximum absolute atomic E-state index is 13.2. The number of nitrogens with zero attached hydrogens (tertiary/aromatic N) is 1. The molecule has 0 unspecified atom stereocenters. The molecule has 1 aliphatic heterocycles. The van der Waals surface area contributed by atoms with Crippen LogP contribution in [-0.2, 0) is 33.0 Å². The molecule has 0 amide bonds. The van der Waals surface area contributed by atoms with Crippen molar-refractivity contribution in [3.05, 3.63) is 89.2 Å². The lowest BCUT2D eigenvalue weighted by Gasteiger charge is -2.28. The molecule has 1 heterocycles. The van der Waals surface area contributed by atoms with Gasteiger partial charge in [0.25, 0.3) is 10.0 Å². The smallest absolute Gasteiger partial charge is 0.261 e. The molecule has 9 heteroatoms. The summed E-state index contributed by atoms with van der Waals surface area (Å²) in [6, 6.07) is 16.5. The van der Waals surface area contributed by atoms with Gasteiger partial charge < -0.3 is 0 Å². The molecule has 0 bridgehead atoms. The van der Waals surface area contributed by atoms with Crippen LogP contribution < -0.4 is 4.72 Å². The summed E-state index contributed by atoms with van der Waals surface area (Å²) < 4.78 is 68.3. The van der Waals surface area contributed by atoms with Crippen molar-refractivity contribution in [3.63, 3.8) is 0 Å². The van der Waals surface area contributed by atoms with Gasteiger partial charge in [-0.25, -0.2) is 21.2 Å². The van der Waals surface area contributed by atoms with Crippen LogP contribution in [0.1, 0.15) is 16.7 Å². The van der Waals surface area contributed by atoms with Gasteiger partial charge in [0.15, 0.2) is 0 Å². The van der Waals surface area contributed by atoms with E-state index < -0.39 is 25.9 Å². The van der Waals surface area contributed by atoms with E-state index in [-0.39, 0.29) is 16.3 Å². The minimum Gasteiger partial charge on any atom is -0.280 e. The van der Waals surface area contributed by atoms with Crippen LogP contribution in [0.4, 0.5) is 10.1 Å². The molecule has 0 aromatic heterocycles. The van der Waals surface area contributed by atoms with Crippen molar-refractivity contribution in [1.82, 2.24) is 4.31 Å². The van der Waals surface area contributed by atoms with Crippen LogP contribution in [0.2, 0.25) is 0 Å². The third-order valence-electron chi connectivity index (χ3n) is 5.19. The Kier molecular flexibility index (Phi) is 5.59. The molecule has 0 atom stereocenters. The first-order valence-electron chi connectivity index (χ1n) is 9.62. The molecule has 3 aromatic carbocycles. The summed E-state index contributed by atoms with van der Waals surface area (Å²) in [7, 11) is -7.56. The van der Waals surface area contributed by atoms with Crippen molar-refractivity contribution >= 4 is 25.7 Å². The first-order valence-corrected chi connectivity index (χ1v) is 12.5. The second-order valence-electron chi connectivity index (χ2n) is 7.45. The van der Waals surface area contributed by atoms with E-state index >= 15 is 0 Å². The van der Waals surface area contributed by atoms with Gasteiger partial charge in [-0.1, -0.05) is 18.2 Å². The molecule has 1 aliphatic rings. The SMILES string of the molecule is Cc1cccc(S(=O)(=O)Nc2ccc3c(c2)CN(S(=O)(=O)c2ccc(F)cc2)CC3)c1. The summed E-state index contributed by atoms with van der Waals surface area (Å²) in [5, 5.41) is 0. The second-order valence-corrected chi connectivity index (χ2v) is 11.1. The quantitative estimate of drug-likeness (QED) is 0.630. The van der Waals surface area contributed by atoms with Gasteiger partial charge in [0.05, 0.1) is 9.79 Å². The van der Waals surface area contributed by atoms with E-state index in [0.29, 0.717) is 18.7 Å². The molecule has 4 rings (SSSR count). The summed E-state index contributed by atoms with van der Waals surface area (Å²) in [5.74, 6) is -0.506. The fourth-order valence-electron chi connectivity index (χ4n) is 3.55. The number of rotatable bonds is 5. The first kappa shape index (κ1) is 21.5. The fourth-order valence-corrected chi connectivity index (χ4v) is 6.12. The highest BCUT2D eigenvalue weighted by Crippen LogP contribution is 2.28. The summed E-state index contributed by atoms with van der Waals surface area (Å²) in [6.07, 6.45) is 0.501. The third kappa shape index (κ3) is 4.48. The maximum atomic E-state index is 13.2. The molecule has 0 spiro atoms. The molecule has 0 aliphatic carbocycles. The lowest BCUT2D eigenvalue weighted by atomic mass is 10.0. The molecule has 0 saturated carbocycles. The van der Waals surface area contributed by atoms with Crippen LogP contribution in [0.5, 0.6) is 0 Å². The van der Waals surface area contributed by atoms with Gasteiger partial charge in [0, 0.05) is 18.8 Å². The van der Waals surface area contributed by atoms with Crippen LogP contribution in [0.15, 0.2) is 76.5 Å². The number of aryl methyl sites for hydroxylation is 1. The Balaban J connectivity index is 1.59. The zero-order valence-corrected chi connectivity index (χ0v) is 18.4. The molecule has 0 fully saturated rings. The second kappa shape index (κ2) is 8.07. The monoisotopic (exact) mass is 460 g/mol. The lowest BCUT2D eigenvalue weighted by molar-refractivity contribution is 0.391. The Hall–Kier alpha value is -2.75. The zero-order chi connectivity index (χ0) is 22.2. The molecule has 0 radical (unpaired) electrons. The van der Waals surface area contributed by atoms with Crippen LogP contribution in [-0.4, -0.2) is 27.7 Å². The molecule has 0 saturated heterocycles. The van der Waals surface area contributed by atoms with E-state index in [0.717, 1.165) is 28.8 Å². The van der Waals surface area contributed by atoms with Crippen LogP contribution in [0.25, 0.3) is 0 Å². The number of hydrogen-bond donors (Lipinski definition) is 1. The summed E-state index contributed by atoms with van der Waals surface area (Å²) in [6.45, 7) is 2.21. The Morgan fingerprint density at radius 2 is 1.61 bits per heavy atom. The van der Waals surface area contributed by atoms with Gasteiger partial charge in [-0.15, -0.1) is 0 Å². The number of benzene rings is 3. The van der Waals surface area contributed by atoms with Crippen molar-refractivity contribution < 1.29 is 21.2 Å². The Bertz CT molecular complexity index is 1340. The van der Waals surface area contributed by atoms with Crippen molar-refractivity contribution in [2.24, 2.45) is 0 Å². The molecule has 31 heavy (non-hydrogen) atoms. The zero-order valence-electron chi connectivity index (χ0n) is 16.7. The van der Waals surface area contributed by atoms with Crippen molar-refractivity contribution in [1.29, 1.82) is 0 Å². The Morgan fingerprint density at radius 1 is 0.871 bits per heavy atom. The van der Waals surface area contributed by atoms with Gasteiger partial charge in [-0.05, 0) is 78.6 Å². The standard InChI is InChI=1S/C22H21FN2O4S2/c1-16-3-2-4-22(13-16)30(26,27)24-20-8-5-17-11-12-25(15-18(17)14-20)31(28,29)21-9-6-19(23)7-10-21/h2-10,13-14,24H,11-12,15H2,1H3. The average Bonchev–Trinajstić information content (AvgIpc) is 2.73. The predicted molar refractivity (Wildman–Crippen MR) is 116 cm³/mol. The lowest BCUT2D eigenvalue weighted by Crippen LogP contribution is -2.36. The average molecular weight is 461 g/mol. The minimum atomic E-state index is -3.79. The topological polar surface area (TPSA) is 83.6 Å². The maximum Gasteiger partial charge on any atom is 0.261 e. The normalized spacial score (nSPS) is 14.8. The predicted octanol–water partition coefficient (Wildman–Crippen LogP) is 3.68. The highest BCUT2D eigenvalue weighted by atomic mass is 32.2. The minimum absolute atomic E-state index is 0.0219. The van der Waals surface area contributed by atoms with Gasteiger partial charge in [-0.2, -0.15) is 4.31 Å². The van der Waals surface area contributed by atoms with E-state index in [1.807, 2.05) is 19.1 Å². The van der Waals surface area contributed by atoms with Crippen LogP contribution in [0, 0.1) is 12.7 Å². The van der Waals surface area contributed by atoms with Crippen molar-refractivity contribution in [3.8, 4) is 0 Å². The first-order chi connectivity index (χ1) is 14.6. The van der Waals surface area contributed by atoms with E-state index in [1.165, 1.54) is 22.5 Å². The largest absolute Gasteiger partial charge is 0.280 e. The summed E-state index contributed by atoms with van der Waals surface area (Å²) in [4.78, 5) is 0.180. The molecule has 6 nitrogen and oxygen atoms in total. The third-order valence-corrected chi connectivity index (χ3v) is 8.43. The fraction of sp³-hybridized carbons (Fsp3) is 0.182. The molecule has 3 aromatic rings. The van der Waals surface area contributed by atoms with E-state index in [2.05, 4.69) is 4.72 Å². The molecular weight excluding hydrogens is 439 g/mol. The molecule has 1 N–H and O–H groups in total. The van der Waals surface area contributed by atoms with Gasteiger partial charge in [0.2, 0.25) is 10.0 Å². The number of sulfonamides is 2. The Morgan fingerprint density at radius 3 is 2.32 bits per heavy atom. The van der Waals surface area contributed by atoms with Crippen LogP contribution >= 0.6 is 0 Å². The van der Waals surface area contributed by atoms with Crippen molar-refractivity contribution in [2.75, 3.05) is 11.3 Å². The molecular formula is C22H21FN2O4S2. The number of hydrogen-bond acceptors (Lipinski definition) is 4. The van der Waals surface area contributed by atoms with Crippen molar-refractivity contribution in [2.45, 2.75) is 29.7 Å². The molecule has 162 valence electrons. The summed E-state index contributed by atoms with van der Waals surface area (Å²) in [5.41, 5.74) is 2.88. The van der Waals surface area contributed by atoms with Gasteiger partial charge in [-0.3, -0.25) is 4.72 Å². The van der Waals surface area contributed by atoms with E-state index in [1.54, 1.807) is 24.3 Å². The van der Waals surface area contributed by atoms with Gasteiger partial charge >= 0.3 is 0 Å².